The Morgan fingerprint density at radius 2 is 1.98 bits per heavy atom. The van der Waals surface area contributed by atoms with Crippen LogP contribution in [0, 0.1) is 18.8 Å². The molecule has 4 aliphatic heterocycles. The number of ether oxygens (including phenoxy) is 3. The molecule has 4 heterocycles. The van der Waals surface area contributed by atoms with E-state index < -0.39 is 72.1 Å². The largest absolute Gasteiger partial charge is 0.457 e. The number of nitrogens with zero attached hydrogens (tertiary/aromatic N) is 2. The third-order valence-corrected chi connectivity index (χ3v) is 13.9. The Hall–Kier alpha value is -3.54. The standard InChI is InChI=1S/C40H53ClN4O10S2/c1-22-10-8-11-27(19-46)40(52)18-29(53-38(51)43-40)24(3)35-39(5,55-35)31(17-33(48)45(7)28-16-26(14-22)15-23(2)34(28)41)54-37(50)25(4)44(6)32(47)12-9-13-42-36(49)30-20-56-21-57-30/h8,10-11,15-16,20,24-25,27,29,31,35,46,52H,9,12-14,17-19,21H2,1-7H3,(H,42,49)(H,43,51)/b11-8+,22-10+/t24-,25+,27+,29?,31+,35-,39-,40+/m1/s1. The first-order valence-electron chi connectivity index (χ1n) is 19.0. The average Bonchev–Trinajstić information content (AvgIpc) is 3.55. The molecule has 1 unspecified atom stereocenters. The maximum atomic E-state index is 14.1. The van der Waals surface area contributed by atoms with E-state index in [4.69, 9.17) is 25.8 Å². The van der Waals surface area contributed by atoms with Crippen LogP contribution < -0.4 is 15.5 Å². The Labute approximate surface area is 347 Å². The lowest BCUT2D eigenvalue weighted by Gasteiger charge is -2.42. The van der Waals surface area contributed by atoms with E-state index in [1.165, 1.54) is 35.5 Å². The lowest BCUT2D eigenvalue weighted by atomic mass is 9.81. The lowest BCUT2D eigenvalue weighted by molar-refractivity contribution is -0.162. The van der Waals surface area contributed by atoms with Gasteiger partial charge in [-0.15, -0.1) is 23.5 Å². The van der Waals surface area contributed by atoms with Crippen LogP contribution in [0.15, 0.2) is 46.2 Å². The quantitative estimate of drug-likeness (QED) is 0.154. The molecule has 14 nitrogen and oxygen atoms in total. The number of hydrogen-bond donors (Lipinski definition) is 4. The monoisotopic (exact) mass is 848 g/mol. The number of aryl methyl sites for hydroxylation is 1. The van der Waals surface area contributed by atoms with Crippen LogP contribution in [0.5, 0.6) is 0 Å². The Morgan fingerprint density at radius 1 is 1.25 bits per heavy atom. The summed E-state index contributed by atoms with van der Waals surface area (Å²) in [5.74, 6) is -3.13. The van der Waals surface area contributed by atoms with Crippen molar-refractivity contribution in [1.29, 1.82) is 0 Å². The topological polar surface area (TPSA) is 187 Å². The summed E-state index contributed by atoms with van der Waals surface area (Å²) in [5.41, 5.74) is -0.0518. The molecule has 1 aromatic carbocycles. The van der Waals surface area contributed by atoms with Gasteiger partial charge in [0.2, 0.25) is 11.8 Å². The molecule has 57 heavy (non-hydrogen) atoms. The molecular weight excluding hydrogens is 796 g/mol. The van der Waals surface area contributed by atoms with E-state index in [1.54, 1.807) is 44.8 Å². The second kappa shape index (κ2) is 18.6. The maximum Gasteiger partial charge on any atom is 0.409 e. The Morgan fingerprint density at radius 3 is 2.67 bits per heavy atom. The minimum absolute atomic E-state index is 0.0747. The van der Waals surface area contributed by atoms with Gasteiger partial charge in [-0.25, -0.2) is 9.59 Å². The van der Waals surface area contributed by atoms with Gasteiger partial charge in [0.1, 0.15) is 23.9 Å². The van der Waals surface area contributed by atoms with Crippen molar-refractivity contribution >= 4 is 70.6 Å². The number of aliphatic hydroxyl groups is 2. The lowest BCUT2D eigenvalue weighted by Crippen LogP contribution is -2.62. The number of carbonyl (C=O) groups excluding carboxylic acids is 5. The highest BCUT2D eigenvalue weighted by molar-refractivity contribution is 8.22. The van der Waals surface area contributed by atoms with Crippen molar-refractivity contribution in [1.82, 2.24) is 15.5 Å². The van der Waals surface area contributed by atoms with Crippen LogP contribution in [0.3, 0.4) is 0 Å². The third kappa shape index (κ3) is 10.4. The highest BCUT2D eigenvalue weighted by Gasteiger charge is 2.64. The molecule has 4 N–H and O–H groups in total. The first-order chi connectivity index (χ1) is 26.9. The fourth-order valence-corrected chi connectivity index (χ4v) is 9.57. The van der Waals surface area contributed by atoms with Gasteiger partial charge in [-0.05, 0) is 63.1 Å². The number of rotatable bonds is 9. The van der Waals surface area contributed by atoms with Gasteiger partial charge in [-0.1, -0.05) is 48.4 Å². The van der Waals surface area contributed by atoms with Gasteiger partial charge in [-0.3, -0.25) is 19.7 Å². The molecule has 4 aliphatic rings. The predicted molar refractivity (Wildman–Crippen MR) is 219 cm³/mol. The van der Waals surface area contributed by atoms with E-state index in [-0.39, 0.29) is 37.6 Å². The molecule has 0 aliphatic carbocycles. The van der Waals surface area contributed by atoms with Crippen molar-refractivity contribution in [3.05, 3.63) is 62.4 Å². The van der Waals surface area contributed by atoms with Gasteiger partial charge in [0.15, 0.2) is 5.72 Å². The summed E-state index contributed by atoms with van der Waals surface area (Å²) in [6, 6.07) is 2.72. The summed E-state index contributed by atoms with van der Waals surface area (Å²) < 4.78 is 18.0. The average molecular weight is 849 g/mol. The number of aliphatic hydroxyl groups excluding tert-OH is 1. The Bertz CT molecular complexity index is 1840. The molecule has 0 saturated carbocycles. The summed E-state index contributed by atoms with van der Waals surface area (Å²) >= 11 is 9.79. The molecule has 312 valence electrons. The number of alkyl carbamates (subject to hydrolysis) is 1. The van der Waals surface area contributed by atoms with Gasteiger partial charge in [0.25, 0.3) is 5.91 Å². The van der Waals surface area contributed by atoms with E-state index in [9.17, 15) is 34.2 Å². The van der Waals surface area contributed by atoms with Crippen molar-refractivity contribution in [3.8, 4) is 0 Å². The summed E-state index contributed by atoms with van der Waals surface area (Å²) in [5, 5.41) is 30.3. The van der Waals surface area contributed by atoms with Gasteiger partial charge < -0.3 is 39.5 Å². The summed E-state index contributed by atoms with van der Waals surface area (Å²) in [6.07, 6.45) is 2.14. The molecule has 0 aromatic heterocycles. The van der Waals surface area contributed by atoms with Crippen molar-refractivity contribution in [2.45, 2.75) is 102 Å². The molecule has 2 fully saturated rings. The number of allylic oxidation sites excluding steroid dienone is 3. The number of thioether (sulfide) groups is 2. The van der Waals surface area contributed by atoms with Crippen LogP contribution in [-0.2, 0) is 39.8 Å². The first kappa shape index (κ1) is 44.6. The number of amides is 4. The van der Waals surface area contributed by atoms with Crippen molar-refractivity contribution in [2.75, 3.05) is 37.2 Å². The molecule has 1 aromatic rings. The SMILES string of the molecule is C/C1=C\C=C\[C@@H](CO)[C@@]2(O)CC(OC(=O)N2)[C@@H](C)[C@H]2O[C@]2(C)[C@@H](OC(=O)[C@H](C)N(C)C(=O)CCCNC(=O)C2=CSCS2)CC(=O)N(C)c2cc(cc(C)c2Cl)C1. The molecule has 2 saturated heterocycles. The molecule has 0 radical (unpaired) electrons. The summed E-state index contributed by atoms with van der Waals surface area (Å²) in [7, 11) is 3.09. The second-order valence-electron chi connectivity index (χ2n) is 15.4. The minimum atomic E-state index is -1.86. The van der Waals surface area contributed by atoms with E-state index in [2.05, 4.69) is 10.6 Å². The Balaban J connectivity index is 1.39. The van der Waals surface area contributed by atoms with Crippen LogP contribution in [0.4, 0.5) is 10.5 Å². The van der Waals surface area contributed by atoms with Crippen molar-refractivity contribution < 1.29 is 48.4 Å². The Kier molecular flexibility index (Phi) is 14.5. The zero-order chi connectivity index (χ0) is 41.8. The highest BCUT2D eigenvalue weighted by Crippen LogP contribution is 2.49. The molecule has 17 heteroatoms. The number of benzene rings is 1. The third-order valence-electron chi connectivity index (χ3n) is 11.2. The number of hydrogen-bond acceptors (Lipinski definition) is 12. The molecule has 8 atom stereocenters. The van der Waals surface area contributed by atoms with Crippen LogP contribution in [0.25, 0.3) is 0 Å². The fraction of sp³-hybridized carbons (Fsp3) is 0.575. The first-order valence-corrected chi connectivity index (χ1v) is 21.4. The molecular formula is C40H53ClN4O10S2. The molecule has 5 rings (SSSR count). The fourth-order valence-electron chi connectivity index (χ4n) is 7.35. The second-order valence-corrected chi connectivity index (χ2v) is 18.0. The highest BCUT2D eigenvalue weighted by atomic mass is 35.5. The molecule has 4 bridgehead atoms. The van der Waals surface area contributed by atoms with E-state index in [0.717, 1.165) is 21.8 Å². The van der Waals surface area contributed by atoms with Crippen LogP contribution in [0.2, 0.25) is 5.02 Å². The predicted octanol–water partition coefficient (Wildman–Crippen LogP) is 4.58. The van der Waals surface area contributed by atoms with E-state index in [0.29, 0.717) is 28.5 Å². The molecule has 4 amide bonds. The number of esters is 1. The number of fused-ring (bicyclic) bond motifs is 5. The van der Waals surface area contributed by atoms with Gasteiger partial charge >= 0.3 is 12.1 Å². The smallest absolute Gasteiger partial charge is 0.409 e. The van der Waals surface area contributed by atoms with Gasteiger partial charge in [-0.2, -0.15) is 0 Å². The van der Waals surface area contributed by atoms with Gasteiger partial charge in [0.05, 0.1) is 34.7 Å². The van der Waals surface area contributed by atoms with Crippen LogP contribution in [0.1, 0.15) is 64.5 Å². The van der Waals surface area contributed by atoms with Crippen LogP contribution >= 0.6 is 35.1 Å². The van der Waals surface area contributed by atoms with Crippen molar-refractivity contribution in [2.24, 2.45) is 11.8 Å². The van der Waals surface area contributed by atoms with Gasteiger partial charge in [0, 0.05) is 50.4 Å². The number of nitrogens with one attached hydrogen (secondary N) is 2. The normalized spacial score (nSPS) is 31.1. The zero-order valence-electron chi connectivity index (χ0n) is 33.3. The number of carbonyl (C=O) groups is 5. The van der Waals surface area contributed by atoms with E-state index in [1.807, 2.05) is 37.5 Å². The maximum absolute atomic E-state index is 14.1. The summed E-state index contributed by atoms with van der Waals surface area (Å²) in [4.78, 5) is 69.6. The number of halogens is 1. The van der Waals surface area contributed by atoms with Crippen LogP contribution in [-0.4, -0.2) is 113 Å². The minimum Gasteiger partial charge on any atom is -0.457 e. The zero-order valence-corrected chi connectivity index (χ0v) is 35.7. The summed E-state index contributed by atoms with van der Waals surface area (Å²) in [6.45, 7) is 8.61. The number of anilines is 1. The van der Waals surface area contributed by atoms with Crippen molar-refractivity contribution in [3.63, 3.8) is 0 Å². The number of epoxide rings is 1. The number of likely N-dealkylation sites (N-methyl/N-ethyl adjacent to an activating group) is 1. The molecule has 0 spiro atoms. The van der Waals surface area contributed by atoms with E-state index >= 15 is 0 Å².